The molecule has 1 N–H and O–H groups in total. The standard InChI is InChI=1S/C22H23N3OS/c26-20(14-16-8-3-1-4-9-16)25-22-21(19-12-7-13-27-19)24-18(15-23-22)17-10-5-2-6-11-17/h2,5-7,10-13,15-16H,1,3-4,8-9,14H2,(H,23,25,26). The van der Waals surface area contributed by atoms with Crippen molar-refractivity contribution in [3.8, 4) is 21.8 Å². The SMILES string of the molecule is O=C(CC1CCCCC1)Nc1ncc(-c2ccccc2)nc1-c1cccs1. The average molecular weight is 378 g/mol. The summed E-state index contributed by atoms with van der Waals surface area (Å²) < 4.78 is 0. The van der Waals surface area contributed by atoms with E-state index in [-0.39, 0.29) is 5.91 Å². The average Bonchev–Trinajstić information content (AvgIpc) is 3.24. The predicted molar refractivity (Wildman–Crippen MR) is 111 cm³/mol. The Hall–Kier alpha value is -2.53. The summed E-state index contributed by atoms with van der Waals surface area (Å²) in [6.07, 6.45) is 8.41. The van der Waals surface area contributed by atoms with Gasteiger partial charge in [-0.05, 0) is 30.2 Å². The third-order valence-electron chi connectivity index (χ3n) is 5.05. The summed E-state index contributed by atoms with van der Waals surface area (Å²) in [6, 6.07) is 14.0. The molecule has 27 heavy (non-hydrogen) atoms. The minimum absolute atomic E-state index is 0.0430. The second-order valence-corrected chi connectivity index (χ2v) is 8.00. The Balaban J connectivity index is 1.59. The number of carbonyl (C=O) groups excluding carboxylic acids is 1. The Kier molecular flexibility index (Phi) is 5.58. The first kappa shape index (κ1) is 17.9. The number of anilines is 1. The molecule has 1 aromatic carbocycles. The minimum Gasteiger partial charge on any atom is -0.309 e. The van der Waals surface area contributed by atoms with Gasteiger partial charge in [0.05, 0.1) is 16.8 Å². The van der Waals surface area contributed by atoms with Gasteiger partial charge in [0.1, 0.15) is 5.69 Å². The Morgan fingerprint density at radius 3 is 2.63 bits per heavy atom. The number of rotatable bonds is 5. The molecule has 2 heterocycles. The van der Waals surface area contributed by atoms with Gasteiger partial charge in [-0.25, -0.2) is 9.97 Å². The van der Waals surface area contributed by atoms with Crippen LogP contribution in [0.15, 0.2) is 54.0 Å². The third-order valence-corrected chi connectivity index (χ3v) is 5.93. The van der Waals surface area contributed by atoms with Gasteiger partial charge in [0.15, 0.2) is 5.82 Å². The molecule has 0 aliphatic heterocycles. The molecule has 4 rings (SSSR count). The van der Waals surface area contributed by atoms with E-state index in [0.29, 0.717) is 18.2 Å². The van der Waals surface area contributed by atoms with Crippen LogP contribution in [-0.4, -0.2) is 15.9 Å². The Morgan fingerprint density at radius 1 is 1.07 bits per heavy atom. The lowest BCUT2D eigenvalue weighted by Gasteiger charge is -2.21. The van der Waals surface area contributed by atoms with E-state index < -0.39 is 0 Å². The van der Waals surface area contributed by atoms with Crippen LogP contribution in [0.5, 0.6) is 0 Å². The van der Waals surface area contributed by atoms with E-state index in [0.717, 1.165) is 34.7 Å². The highest BCUT2D eigenvalue weighted by Gasteiger charge is 2.19. The quantitative estimate of drug-likeness (QED) is 0.613. The van der Waals surface area contributed by atoms with E-state index in [1.165, 1.54) is 19.3 Å². The second kappa shape index (κ2) is 8.44. The molecular formula is C22H23N3OS. The summed E-state index contributed by atoms with van der Waals surface area (Å²) in [7, 11) is 0. The van der Waals surface area contributed by atoms with Crippen molar-refractivity contribution in [2.45, 2.75) is 38.5 Å². The highest BCUT2D eigenvalue weighted by molar-refractivity contribution is 7.13. The normalized spacial score (nSPS) is 14.8. The zero-order valence-corrected chi connectivity index (χ0v) is 16.0. The monoisotopic (exact) mass is 377 g/mol. The molecule has 1 amide bonds. The van der Waals surface area contributed by atoms with Crippen molar-refractivity contribution in [3.05, 3.63) is 54.0 Å². The molecule has 1 saturated carbocycles. The molecule has 2 aromatic heterocycles. The second-order valence-electron chi connectivity index (χ2n) is 7.05. The van der Waals surface area contributed by atoms with Crippen molar-refractivity contribution in [2.75, 3.05) is 5.32 Å². The lowest BCUT2D eigenvalue weighted by Crippen LogP contribution is -2.19. The Bertz CT molecular complexity index is 887. The number of hydrogen-bond donors (Lipinski definition) is 1. The summed E-state index contributed by atoms with van der Waals surface area (Å²) in [4.78, 5) is 23.0. The lowest BCUT2D eigenvalue weighted by molar-refractivity contribution is -0.117. The molecule has 0 atom stereocenters. The van der Waals surface area contributed by atoms with Gasteiger partial charge in [0, 0.05) is 12.0 Å². The van der Waals surface area contributed by atoms with Gasteiger partial charge in [0.2, 0.25) is 5.91 Å². The largest absolute Gasteiger partial charge is 0.309 e. The van der Waals surface area contributed by atoms with E-state index >= 15 is 0 Å². The van der Waals surface area contributed by atoms with E-state index in [1.807, 2.05) is 47.8 Å². The van der Waals surface area contributed by atoms with Crippen molar-refractivity contribution in [1.29, 1.82) is 0 Å². The van der Waals surface area contributed by atoms with E-state index in [2.05, 4.69) is 10.3 Å². The molecule has 1 aliphatic carbocycles. The molecular weight excluding hydrogens is 354 g/mol. The first-order chi connectivity index (χ1) is 13.3. The van der Waals surface area contributed by atoms with Gasteiger partial charge in [-0.15, -0.1) is 11.3 Å². The maximum atomic E-state index is 12.6. The topological polar surface area (TPSA) is 54.9 Å². The van der Waals surface area contributed by atoms with E-state index in [4.69, 9.17) is 4.98 Å². The fraction of sp³-hybridized carbons (Fsp3) is 0.318. The van der Waals surface area contributed by atoms with Crippen molar-refractivity contribution >= 4 is 23.1 Å². The molecule has 5 heteroatoms. The predicted octanol–water partition coefficient (Wildman–Crippen LogP) is 5.78. The van der Waals surface area contributed by atoms with Crippen LogP contribution < -0.4 is 5.32 Å². The summed E-state index contributed by atoms with van der Waals surface area (Å²) in [5, 5.41) is 5.03. The van der Waals surface area contributed by atoms with Crippen LogP contribution in [0.2, 0.25) is 0 Å². The Labute approximate surface area is 163 Å². The molecule has 4 nitrogen and oxygen atoms in total. The zero-order valence-electron chi connectivity index (χ0n) is 15.2. The zero-order chi connectivity index (χ0) is 18.5. The van der Waals surface area contributed by atoms with Crippen LogP contribution in [0.25, 0.3) is 21.8 Å². The molecule has 1 fully saturated rings. The van der Waals surface area contributed by atoms with Gasteiger partial charge < -0.3 is 5.32 Å². The first-order valence-corrected chi connectivity index (χ1v) is 10.4. The van der Waals surface area contributed by atoms with Gasteiger partial charge in [-0.3, -0.25) is 4.79 Å². The summed E-state index contributed by atoms with van der Waals surface area (Å²) in [5.41, 5.74) is 2.57. The summed E-state index contributed by atoms with van der Waals surface area (Å²) in [6.45, 7) is 0. The molecule has 0 radical (unpaired) electrons. The number of aromatic nitrogens is 2. The van der Waals surface area contributed by atoms with Crippen LogP contribution in [0, 0.1) is 5.92 Å². The van der Waals surface area contributed by atoms with Gasteiger partial charge >= 0.3 is 0 Å². The third kappa shape index (κ3) is 4.42. The molecule has 3 aromatic rings. The molecule has 0 saturated heterocycles. The maximum absolute atomic E-state index is 12.6. The fourth-order valence-corrected chi connectivity index (χ4v) is 4.37. The van der Waals surface area contributed by atoms with Gasteiger partial charge in [0.25, 0.3) is 0 Å². The lowest BCUT2D eigenvalue weighted by atomic mass is 9.87. The number of nitrogens with zero attached hydrogens (tertiary/aromatic N) is 2. The maximum Gasteiger partial charge on any atom is 0.225 e. The number of amides is 1. The molecule has 138 valence electrons. The number of thiophene rings is 1. The Morgan fingerprint density at radius 2 is 1.89 bits per heavy atom. The van der Waals surface area contributed by atoms with Crippen molar-refractivity contribution < 1.29 is 4.79 Å². The molecule has 0 unspecified atom stereocenters. The summed E-state index contributed by atoms with van der Waals surface area (Å²) >= 11 is 1.60. The number of carbonyl (C=O) groups is 1. The van der Waals surface area contributed by atoms with Crippen molar-refractivity contribution in [1.82, 2.24) is 9.97 Å². The van der Waals surface area contributed by atoms with E-state index in [1.54, 1.807) is 17.5 Å². The highest BCUT2D eigenvalue weighted by atomic mass is 32.1. The number of nitrogens with one attached hydrogen (secondary N) is 1. The van der Waals surface area contributed by atoms with Crippen LogP contribution in [0.3, 0.4) is 0 Å². The van der Waals surface area contributed by atoms with E-state index in [9.17, 15) is 4.79 Å². The van der Waals surface area contributed by atoms with Crippen LogP contribution >= 0.6 is 11.3 Å². The van der Waals surface area contributed by atoms with Crippen LogP contribution in [-0.2, 0) is 4.79 Å². The smallest absolute Gasteiger partial charge is 0.225 e. The molecule has 0 spiro atoms. The van der Waals surface area contributed by atoms with Gasteiger partial charge in [-0.1, -0.05) is 55.7 Å². The van der Waals surface area contributed by atoms with Crippen molar-refractivity contribution in [3.63, 3.8) is 0 Å². The summed E-state index contributed by atoms with van der Waals surface area (Å²) in [5.74, 6) is 1.10. The minimum atomic E-state index is 0.0430. The van der Waals surface area contributed by atoms with Gasteiger partial charge in [-0.2, -0.15) is 0 Å². The molecule has 1 aliphatic rings. The van der Waals surface area contributed by atoms with Crippen molar-refractivity contribution in [2.24, 2.45) is 5.92 Å². The van der Waals surface area contributed by atoms with Crippen LogP contribution in [0.1, 0.15) is 38.5 Å². The van der Waals surface area contributed by atoms with Crippen LogP contribution in [0.4, 0.5) is 5.82 Å². The fourth-order valence-electron chi connectivity index (χ4n) is 3.65. The number of benzene rings is 1. The first-order valence-electron chi connectivity index (χ1n) is 9.56. The molecule has 0 bridgehead atoms. The highest BCUT2D eigenvalue weighted by Crippen LogP contribution is 2.32. The number of hydrogen-bond acceptors (Lipinski definition) is 4.